The van der Waals surface area contributed by atoms with Gasteiger partial charge in [0, 0.05) is 19.3 Å². The topological polar surface area (TPSA) is 63.4 Å². The molecule has 14 heavy (non-hydrogen) atoms. The van der Waals surface area contributed by atoms with Crippen molar-refractivity contribution in [2.45, 2.75) is 13.3 Å². The van der Waals surface area contributed by atoms with Gasteiger partial charge in [0.05, 0.1) is 5.75 Å². The number of hydrogen-bond donors (Lipinski definition) is 1. The second-order valence-corrected chi connectivity index (χ2v) is 6.33. The summed E-state index contributed by atoms with van der Waals surface area (Å²) in [6.07, 6.45) is 2.26. The lowest BCUT2D eigenvalue weighted by molar-refractivity contribution is 0.293. The molecular formula is C9H22N2O2S. The number of sulfone groups is 1. The Labute approximate surface area is 87.4 Å². The molecule has 0 aromatic carbocycles. The van der Waals surface area contributed by atoms with E-state index in [0.717, 1.165) is 13.0 Å². The zero-order valence-electron chi connectivity index (χ0n) is 9.36. The SMILES string of the molecule is CC(CCN)CN(C)CCS(C)(=O)=O. The third kappa shape index (κ3) is 8.47. The summed E-state index contributed by atoms with van der Waals surface area (Å²) in [7, 11) is -0.891. The quantitative estimate of drug-likeness (QED) is 0.656. The Hall–Kier alpha value is -0.130. The molecule has 0 rings (SSSR count). The highest BCUT2D eigenvalue weighted by molar-refractivity contribution is 7.90. The molecule has 0 radical (unpaired) electrons. The van der Waals surface area contributed by atoms with E-state index in [4.69, 9.17) is 5.73 Å². The lowest BCUT2D eigenvalue weighted by Gasteiger charge is -2.20. The van der Waals surface area contributed by atoms with Crippen LogP contribution in [-0.4, -0.2) is 52.0 Å². The fourth-order valence-electron chi connectivity index (χ4n) is 1.32. The van der Waals surface area contributed by atoms with Gasteiger partial charge in [0.1, 0.15) is 9.84 Å². The van der Waals surface area contributed by atoms with Crippen LogP contribution >= 0.6 is 0 Å². The summed E-state index contributed by atoms with van der Waals surface area (Å²) in [5.74, 6) is 0.767. The van der Waals surface area contributed by atoms with Gasteiger partial charge in [-0.15, -0.1) is 0 Å². The maximum atomic E-state index is 10.9. The minimum Gasteiger partial charge on any atom is -0.330 e. The summed E-state index contributed by atoms with van der Waals surface area (Å²) in [6.45, 7) is 4.34. The van der Waals surface area contributed by atoms with Gasteiger partial charge in [-0.1, -0.05) is 6.92 Å². The summed E-state index contributed by atoms with van der Waals surface area (Å²) in [6, 6.07) is 0. The van der Waals surface area contributed by atoms with Gasteiger partial charge in [0.25, 0.3) is 0 Å². The average Bonchev–Trinajstić information content (AvgIpc) is 2.00. The van der Waals surface area contributed by atoms with Gasteiger partial charge in [-0.2, -0.15) is 0 Å². The lowest BCUT2D eigenvalue weighted by atomic mass is 10.1. The van der Waals surface area contributed by atoms with Crippen molar-refractivity contribution in [2.75, 3.05) is 38.7 Å². The summed E-state index contributed by atoms with van der Waals surface area (Å²) >= 11 is 0. The zero-order valence-corrected chi connectivity index (χ0v) is 10.2. The molecule has 2 N–H and O–H groups in total. The molecule has 0 amide bonds. The molecule has 1 atom stereocenters. The maximum Gasteiger partial charge on any atom is 0.148 e. The van der Waals surface area contributed by atoms with Crippen LogP contribution in [0.1, 0.15) is 13.3 Å². The first kappa shape index (κ1) is 13.9. The summed E-state index contributed by atoms with van der Waals surface area (Å²) < 4.78 is 21.8. The van der Waals surface area contributed by atoms with E-state index in [0.29, 0.717) is 19.0 Å². The molecule has 0 spiro atoms. The molecule has 0 aliphatic heterocycles. The molecule has 1 unspecified atom stereocenters. The first-order valence-electron chi connectivity index (χ1n) is 4.91. The number of rotatable bonds is 7. The second kappa shape index (κ2) is 6.37. The van der Waals surface area contributed by atoms with E-state index in [2.05, 4.69) is 6.92 Å². The Morgan fingerprint density at radius 2 is 2.00 bits per heavy atom. The number of nitrogens with zero attached hydrogens (tertiary/aromatic N) is 1. The van der Waals surface area contributed by atoms with E-state index >= 15 is 0 Å². The molecule has 0 aliphatic carbocycles. The van der Waals surface area contributed by atoms with Crippen molar-refractivity contribution < 1.29 is 8.42 Å². The van der Waals surface area contributed by atoms with Crippen LogP contribution in [-0.2, 0) is 9.84 Å². The number of hydrogen-bond acceptors (Lipinski definition) is 4. The van der Waals surface area contributed by atoms with Crippen LogP contribution in [0, 0.1) is 5.92 Å². The van der Waals surface area contributed by atoms with Crippen LogP contribution in [0.4, 0.5) is 0 Å². The highest BCUT2D eigenvalue weighted by Crippen LogP contribution is 2.02. The fourth-order valence-corrected chi connectivity index (χ4v) is 1.96. The van der Waals surface area contributed by atoms with Crippen LogP contribution < -0.4 is 5.73 Å². The van der Waals surface area contributed by atoms with E-state index < -0.39 is 9.84 Å². The van der Waals surface area contributed by atoms with Crippen LogP contribution in [0.2, 0.25) is 0 Å². The van der Waals surface area contributed by atoms with Crippen molar-refractivity contribution in [3.8, 4) is 0 Å². The Kier molecular flexibility index (Phi) is 6.31. The van der Waals surface area contributed by atoms with Gasteiger partial charge < -0.3 is 10.6 Å². The zero-order chi connectivity index (χ0) is 11.2. The van der Waals surface area contributed by atoms with Crippen molar-refractivity contribution in [3.05, 3.63) is 0 Å². The van der Waals surface area contributed by atoms with E-state index in [9.17, 15) is 8.42 Å². The second-order valence-electron chi connectivity index (χ2n) is 4.07. The molecule has 86 valence electrons. The molecule has 0 bridgehead atoms. The van der Waals surface area contributed by atoms with Crippen molar-refractivity contribution in [1.29, 1.82) is 0 Å². The van der Waals surface area contributed by atoms with Gasteiger partial charge in [0.2, 0.25) is 0 Å². The van der Waals surface area contributed by atoms with E-state index in [1.807, 2.05) is 11.9 Å². The van der Waals surface area contributed by atoms with Crippen molar-refractivity contribution >= 4 is 9.84 Å². The third-order valence-electron chi connectivity index (χ3n) is 2.13. The highest BCUT2D eigenvalue weighted by atomic mass is 32.2. The van der Waals surface area contributed by atoms with Gasteiger partial charge in [-0.3, -0.25) is 0 Å². The Morgan fingerprint density at radius 1 is 1.43 bits per heavy atom. The van der Waals surface area contributed by atoms with Crippen LogP contribution in [0.3, 0.4) is 0 Å². The lowest BCUT2D eigenvalue weighted by Crippen LogP contribution is -2.30. The van der Waals surface area contributed by atoms with Crippen molar-refractivity contribution in [1.82, 2.24) is 4.90 Å². The Bertz CT molecular complexity index is 239. The Balaban J connectivity index is 3.70. The molecule has 0 aromatic heterocycles. The van der Waals surface area contributed by atoms with Gasteiger partial charge in [-0.25, -0.2) is 8.42 Å². The molecule has 0 aliphatic rings. The monoisotopic (exact) mass is 222 g/mol. The molecular weight excluding hydrogens is 200 g/mol. The largest absolute Gasteiger partial charge is 0.330 e. The summed E-state index contributed by atoms with van der Waals surface area (Å²) in [4.78, 5) is 2.04. The smallest absolute Gasteiger partial charge is 0.148 e. The third-order valence-corrected chi connectivity index (χ3v) is 3.05. The van der Waals surface area contributed by atoms with E-state index in [-0.39, 0.29) is 5.75 Å². The first-order chi connectivity index (χ1) is 6.35. The molecule has 0 aromatic rings. The van der Waals surface area contributed by atoms with Crippen LogP contribution in [0.5, 0.6) is 0 Å². The molecule has 5 heteroatoms. The van der Waals surface area contributed by atoms with Crippen molar-refractivity contribution in [2.24, 2.45) is 11.7 Å². The van der Waals surface area contributed by atoms with Crippen molar-refractivity contribution in [3.63, 3.8) is 0 Å². The van der Waals surface area contributed by atoms with Gasteiger partial charge >= 0.3 is 0 Å². The Morgan fingerprint density at radius 3 is 2.43 bits per heavy atom. The maximum absolute atomic E-state index is 10.9. The fraction of sp³-hybridized carbons (Fsp3) is 1.00. The molecule has 0 saturated carbocycles. The first-order valence-corrected chi connectivity index (χ1v) is 6.97. The van der Waals surface area contributed by atoms with Gasteiger partial charge in [-0.05, 0) is 25.9 Å². The number of nitrogens with two attached hydrogens (primary N) is 1. The average molecular weight is 222 g/mol. The van der Waals surface area contributed by atoms with Crippen LogP contribution in [0.15, 0.2) is 0 Å². The highest BCUT2D eigenvalue weighted by Gasteiger charge is 2.08. The molecule has 0 fully saturated rings. The van der Waals surface area contributed by atoms with E-state index in [1.54, 1.807) is 0 Å². The standard InChI is InChI=1S/C9H22N2O2S/c1-9(4-5-10)8-11(2)6-7-14(3,12)13/h9H,4-8,10H2,1-3H3. The summed E-state index contributed by atoms with van der Waals surface area (Å²) in [5.41, 5.74) is 5.43. The van der Waals surface area contributed by atoms with Crippen LogP contribution in [0.25, 0.3) is 0 Å². The minimum absolute atomic E-state index is 0.235. The van der Waals surface area contributed by atoms with Gasteiger partial charge in [0.15, 0.2) is 0 Å². The predicted molar refractivity (Wildman–Crippen MR) is 60.0 cm³/mol. The van der Waals surface area contributed by atoms with E-state index in [1.165, 1.54) is 6.26 Å². The summed E-state index contributed by atoms with van der Waals surface area (Å²) in [5, 5.41) is 0. The predicted octanol–water partition coefficient (Wildman–Crippen LogP) is -0.0523. The normalized spacial score (nSPS) is 14.6. The molecule has 0 saturated heterocycles. The minimum atomic E-state index is -2.83. The molecule has 0 heterocycles. The molecule has 4 nitrogen and oxygen atoms in total.